The van der Waals surface area contributed by atoms with Crippen molar-refractivity contribution < 1.29 is 27.8 Å². The summed E-state index contributed by atoms with van der Waals surface area (Å²) in [7, 11) is 1.34. The normalized spacial score (nSPS) is 10.1. The van der Waals surface area contributed by atoms with Crippen molar-refractivity contribution in [1.82, 2.24) is 0 Å². The van der Waals surface area contributed by atoms with Crippen LogP contribution < -0.4 is 10.1 Å². The number of benzene rings is 2. The first-order valence-corrected chi connectivity index (χ1v) is 7.01. The summed E-state index contributed by atoms with van der Waals surface area (Å²) in [5.41, 5.74) is 0.650. The Morgan fingerprint density at radius 2 is 1.92 bits per heavy atom. The first-order valence-electron chi connectivity index (χ1n) is 7.01. The maximum Gasteiger partial charge on any atom is 0.310 e. The molecule has 0 bridgehead atoms. The fraction of sp³-hybridized carbons (Fsp3) is 0.176. The molecule has 0 atom stereocenters. The lowest BCUT2D eigenvalue weighted by molar-refractivity contribution is -0.146. The Bertz CT molecular complexity index is 749. The second-order valence-corrected chi connectivity index (χ2v) is 4.86. The number of carbonyl (C=O) groups is 2. The van der Waals surface area contributed by atoms with Crippen LogP contribution in [0.4, 0.5) is 14.5 Å². The number of halogens is 2. The fourth-order valence-electron chi connectivity index (χ4n) is 1.95. The minimum atomic E-state index is -0.686. The van der Waals surface area contributed by atoms with Crippen molar-refractivity contribution in [2.24, 2.45) is 0 Å². The number of nitrogens with one attached hydrogen (secondary N) is 1. The van der Waals surface area contributed by atoms with E-state index in [0.717, 1.165) is 12.1 Å². The number of anilines is 1. The van der Waals surface area contributed by atoms with Gasteiger partial charge in [-0.2, -0.15) is 0 Å². The lowest BCUT2D eigenvalue weighted by Crippen LogP contribution is -2.21. The van der Waals surface area contributed by atoms with Crippen molar-refractivity contribution in [1.29, 1.82) is 0 Å². The van der Waals surface area contributed by atoms with Gasteiger partial charge in [-0.25, -0.2) is 8.78 Å². The van der Waals surface area contributed by atoms with E-state index in [1.165, 1.54) is 37.4 Å². The van der Waals surface area contributed by atoms with Crippen LogP contribution >= 0.6 is 0 Å². The molecule has 0 saturated carbocycles. The number of ether oxygens (including phenoxy) is 2. The third kappa shape index (κ3) is 5.05. The van der Waals surface area contributed by atoms with Crippen LogP contribution in [0.15, 0.2) is 42.5 Å². The predicted octanol–water partition coefficient (Wildman–Crippen LogP) is 2.70. The highest BCUT2D eigenvalue weighted by Gasteiger charge is 2.11. The summed E-state index contributed by atoms with van der Waals surface area (Å²) in [6, 6.07) is 9.40. The van der Waals surface area contributed by atoms with E-state index < -0.39 is 30.1 Å². The molecule has 126 valence electrons. The molecule has 24 heavy (non-hydrogen) atoms. The molecule has 0 unspecified atom stereocenters. The van der Waals surface area contributed by atoms with Gasteiger partial charge in [-0.15, -0.1) is 0 Å². The highest BCUT2D eigenvalue weighted by Crippen LogP contribution is 2.18. The lowest BCUT2D eigenvalue weighted by atomic mass is 10.1. The van der Waals surface area contributed by atoms with Crippen molar-refractivity contribution in [3.63, 3.8) is 0 Å². The molecule has 5 nitrogen and oxygen atoms in total. The van der Waals surface area contributed by atoms with Crippen LogP contribution in [0.1, 0.15) is 5.56 Å². The Balaban J connectivity index is 1.82. The SMILES string of the molecule is COc1ccc(CC(=O)OCC(=O)Nc2cccc(F)c2)cc1F. The lowest BCUT2D eigenvalue weighted by Gasteiger charge is -2.07. The zero-order valence-corrected chi connectivity index (χ0v) is 12.8. The van der Waals surface area contributed by atoms with Gasteiger partial charge in [0.1, 0.15) is 5.82 Å². The Kier molecular flexibility index (Phi) is 5.83. The van der Waals surface area contributed by atoms with Crippen LogP contribution in [0.25, 0.3) is 0 Å². The van der Waals surface area contributed by atoms with E-state index in [-0.39, 0.29) is 17.9 Å². The summed E-state index contributed by atoms with van der Waals surface area (Å²) >= 11 is 0. The molecule has 0 aromatic heterocycles. The van der Waals surface area contributed by atoms with Gasteiger partial charge in [-0.05, 0) is 35.9 Å². The van der Waals surface area contributed by atoms with E-state index in [4.69, 9.17) is 9.47 Å². The van der Waals surface area contributed by atoms with Gasteiger partial charge in [0.05, 0.1) is 13.5 Å². The number of methoxy groups -OCH3 is 1. The topological polar surface area (TPSA) is 64.6 Å². The van der Waals surface area contributed by atoms with E-state index >= 15 is 0 Å². The second kappa shape index (κ2) is 8.05. The third-order valence-electron chi connectivity index (χ3n) is 3.04. The van der Waals surface area contributed by atoms with Crippen molar-refractivity contribution in [2.75, 3.05) is 19.0 Å². The summed E-state index contributed by atoms with van der Waals surface area (Å²) in [6.07, 6.45) is -0.186. The summed E-state index contributed by atoms with van der Waals surface area (Å²) in [5.74, 6) is -2.30. The maximum absolute atomic E-state index is 13.5. The Hall–Kier alpha value is -2.96. The maximum atomic E-state index is 13.5. The Labute approximate surface area is 137 Å². The minimum Gasteiger partial charge on any atom is -0.494 e. The number of esters is 1. The van der Waals surface area contributed by atoms with Crippen LogP contribution in [0.5, 0.6) is 5.75 Å². The second-order valence-electron chi connectivity index (χ2n) is 4.86. The summed E-state index contributed by atoms with van der Waals surface area (Å²) in [4.78, 5) is 23.3. The predicted molar refractivity (Wildman–Crippen MR) is 82.6 cm³/mol. The van der Waals surface area contributed by atoms with Gasteiger partial charge in [-0.3, -0.25) is 9.59 Å². The molecule has 0 spiro atoms. The van der Waals surface area contributed by atoms with E-state index in [1.807, 2.05) is 0 Å². The van der Waals surface area contributed by atoms with Gasteiger partial charge in [0.2, 0.25) is 0 Å². The molecule has 0 heterocycles. The molecule has 0 aliphatic heterocycles. The van der Waals surface area contributed by atoms with Crippen LogP contribution in [0.2, 0.25) is 0 Å². The van der Waals surface area contributed by atoms with Crippen molar-refractivity contribution >= 4 is 17.6 Å². The molecule has 1 N–H and O–H groups in total. The number of hydrogen-bond acceptors (Lipinski definition) is 4. The largest absolute Gasteiger partial charge is 0.494 e. The molecule has 0 radical (unpaired) electrons. The smallest absolute Gasteiger partial charge is 0.310 e. The van der Waals surface area contributed by atoms with Gasteiger partial charge in [0, 0.05) is 5.69 Å². The van der Waals surface area contributed by atoms with E-state index in [1.54, 1.807) is 0 Å². The van der Waals surface area contributed by atoms with Crippen molar-refractivity contribution in [3.05, 3.63) is 59.7 Å². The van der Waals surface area contributed by atoms with Crippen LogP contribution in [0.3, 0.4) is 0 Å². The molecule has 0 aliphatic carbocycles. The first-order chi connectivity index (χ1) is 11.5. The molecule has 2 aromatic carbocycles. The molecule has 2 rings (SSSR count). The average molecular weight is 335 g/mol. The zero-order valence-electron chi connectivity index (χ0n) is 12.8. The van der Waals surface area contributed by atoms with Gasteiger partial charge in [-0.1, -0.05) is 12.1 Å². The van der Waals surface area contributed by atoms with Gasteiger partial charge in [0.25, 0.3) is 5.91 Å². The Morgan fingerprint density at radius 3 is 2.58 bits per heavy atom. The van der Waals surface area contributed by atoms with Crippen LogP contribution in [-0.4, -0.2) is 25.6 Å². The van der Waals surface area contributed by atoms with Gasteiger partial charge >= 0.3 is 5.97 Å². The van der Waals surface area contributed by atoms with Crippen molar-refractivity contribution in [2.45, 2.75) is 6.42 Å². The molecular formula is C17H15F2NO4. The summed E-state index contributed by atoms with van der Waals surface area (Å²) in [6.45, 7) is -0.520. The molecule has 0 saturated heterocycles. The molecule has 2 aromatic rings. The molecule has 1 amide bonds. The van der Waals surface area contributed by atoms with E-state index in [9.17, 15) is 18.4 Å². The van der Waals surface area contributed by atoms with Gasteiger partial charge < -0.3 is 14.8 Å². The number of amides is 1. The third-order valence-corrected chi connectivity index (χ3v) is 3.04. The summed E-state index contributed by atoms with van der Waals surface area (Å²) < 4.78 is 36.1. The first kappa shape index (κ1) is 17.4. The number of rotatable bonds is 6. The Morgan fingerprint density at radius 1 is 1.12 bits per heavy atom. The van der Waals surface area contributed by atoms with Gasteiger partial charge in [0.15, 0.2) is 18.2 Å². The quantitative estimate of drug-likeness (QED) is 0.825. The number of carbonyl (C=O) groups excluding carboxylic acids is 2. The van der Waals surface area contributed by atoms with Crippen LogP contribution in [-0.2, 0) is 20.7 Å². The molecular weight excluding hydrogens is 320 g/mol. The average Bonchev–Trinajstić information content (AvgIpc) is 2.53. The molecule has 0 aliphatic rings. The molecule has 0 fully saturated rings. The minimum absolute atomic E-state index is 0.0709. The van der Waals surface area contributed by atoms with Crippen LogP contribution in [0, 0.1) is 11.6 Å². The summed E-state index contributed by atoms with van der Waals surface area (Å²) in [5, 5.41) is 2.39. The zero-order chi connectivity index (χ0) is 17.5. The highest BCUT2D eigenvalue weighted by molar-refractivity contribution is 5.92. The fourth-order valence-corrected chi connectivity index (χ4v) is 1.95. The highest BCUT2D eigenvalue weighted by atomic mass is 19.1. The monoisotopic (exact) mass is 335 g/mol. The standard InChI is InChI=1S/C17H15F2NO4/c1-23-15-6-5-11(7-14(15)19)8-17(22)24-10-16(21)20-13-4-2-3-12(18)9-13/h2-7,9H,8,10H2,1H3,(H,20,21). The number of hydrogen-bond donors (Lipinski definition) is 1. The van der Waals surface area contributed by atoms with E-state index in [0.29, 0.717) is 5.56 Å². The molecule has 7 heteroatoms. The van der Waals surface area contributed by atoms with Crippen molar-refractivity contribution in [3.8, 4) is 5.75 Å². The van der Waals surface area contributed by atoms with E-state index in [2.05, 4.69) is 5.32 Å².